The van der Waals surface area contributed by atoms with Crippen LogP contribution < -0.4 is 4.74 Å². The Bertz CT molecular complexity index is 350. The van der Waals surface area contributed by atoms with Gasteiger partial charge in [-0.25, -0.2) is 4.98 Å². The van der Waals surface area contributed by atoms with E-state index in [4.69, 9.17) is 16.3 Å². The van der Waals surface area contributed by atoms with Crippen molar-refractivity contribution in [3.63, 3.8) is 0 Å². The second-order valence-electron chi connectivity index (χ2n) is 3.39. The quantitative estimate of drug-likeness (QED) is 0.567. The first-order valence-corrected chi connectivity index (χ1v) is 4.91. The Hall–Kier alpha value is -1.09. The van der Waals surface area contributed by atoms with E-state index in [0.29, 0.717) is 23.8 Å². The molecule has 0 aliphatic heterocycles. The van der Waals surface area contributed by atoms with Gasteiger partial charge in [-0.05, 0) is 24.8 Å². The maximum atomic E-state index is 10.7. The molecule has 0 unspecified atom stereocenters. The molecule has 1 aromatic rings. The van der Waals surface area contributed by atoms with Crippen molar-refractivity contribution < 1.29 is 9.53 Å². The van der Waals surface area contributed by atoms with Gasteiger partial charge in [0.1, 0.15) is 0 Å². The van der Waals surface area contributed by atoms with Crippen LogP contribution in [0.1, 0.15) is 23.2 Å². The van der Waals surface area contributed by atoms with E-state index in [1.54, 1.807) is 6.07 Å². The van der Waals surface area contributed by atoms with Crippen LogP contribution in [-0.2, 0) is 0 Å². The minimum atomic E-state index is 0.259. The lowest BCUT2D eigenvalue weighted by molar-refractivity contribution is 0.111. The second kappa shape index (κ2) is 3.96. The average molecular weight is 212 g/mol. The van der Waals surface area contributed by atoms with Crippen molar-refractivity contribution in [3.05, 3.63) is 23.0 Å². The Morgan fingerprint density at radius 1 is 1.64 bits per heavy atom. The fourth-order valence-corrected chi connectivity index (χ4v) is 1.38. The molecule has 74 valence electrons. The van der Waals surface area contributed by atoms with Crippen molar-refractivity contribution in [1.82, 2.24) is 4.98 Å². The molecule has 0 spiro atoms. The molecule has 1 heterocycles. The fraction of sp³-hybridized carbons (Fsp3) is 0.400. The van der Waals surface area contributed by atoms with Crippen LogP contribution in [0.25, 0.3) is 0 Å². The molecule has 1 aromatic heterocycles. The monoisotopic (exact) mass is 211 g/mol. The molecule has 0 bridgehead atoms. The van der Waals surface area contributed by atoms with Gasteiger partial charge in [-0.3, -0.25) is 4.79 Å². The van der Waals surface area contributed by atoms with Crippen LogP contribution in [0.5, 0.6) is 5.75 Å². The lowest BCUT2D eigenvalue weighted by atomic mass is 10.3. The number of aldehydes is 1. The van der Waals surface area contributed by atoms with Crippen LogP contribution in [0.15, 0.2) is 12.3 Å². The molecule has 0 radical (unpaired) electrons. The van der Waals surface area contributed by atoms with Gasteiger partial charge < -0.3 is 4.74 Å². The fourth-order valence-electron chi connectivity index (χ4n) is 1.16. The van der Waals surface area contributed by atoms with E-state index in [-0.39, 0.29) is 5.15 Å². The first-order chi connectivity index (χ1) is 6.81. The Kier molecular flexibility index (Phi) is 2.68. The number of halogens is 1. The first-order valence-electron chi connectivity index (χ1n) is 4.53. The number of hydrogen-bond donors (Lipinski definition) is 0. The molecule has 1 fully saturated rings. The smallest absolute Gasteiger partial charge is 0.171 e. The van der Waals surface area contributed by atoms with Crippen molar-refractivity contribution in [3.8, 4) is 5.75 Å². The zero-order chi connectivity index (χ0) is 9.97. The number of aromatic nitrogens is 1. The van der Waals surface area contributed by atoms with E-state index in [0.717, 1.165) is 6.29 Å². The van der Waals surface area contributed by atoms with E-state index >= 15 is 0 Å². The summed E-state index contributed by atoms with van der Waals surface area (Å²) < 4.78 is 5.46. The molecule has 0 atom stereocenters. The zero-order valence-electron chi connectivity index (χ0n) is 7.57. The van der Waals surface area contributed by atoms with Crippen LogP contribution in [-0.4, -0.2) is 17.9 Å². The van der Waals surface area contributed by atoms with Crippen LogP contribution in [0.3, 0.4) is 0 Å². The average Bonchev–Trinajstić information content (AvgIpc) is 2.99. The molecule has 1 saturated carbocycles. The van der Waals surface area contributed by atoms with Gasteiger partial charge in [0.2, 0.25) is 0 Å². The normalized spacial score (nSPS) is 15.2. The Balaban J connectivity index is 2.15. The van der Waals surface area contributed by atoms with Crippen molar-refractivity contribution in [2.75, 3.05) is 6.61 Å². The van der Waals surface area contributed by atoms with E-state index in [2.05, 4.69) is 4.98 Å². The van der Waals surface area contributed by atoms with Gasteiger partial charge in [0.05, 0.1) is 12.2 Å². The highest BCUT2D eigenvalue weighted by Gasteiger charge is 2.23. The van der Waals surface area contributed by atoms with Crippen LogP contribution in [0.4, 0.5) is 0 Å². The summed E-state index contributed by atoms with van der Waals surface area (Å²) in [6.45, 7) is 0.631. The summed E-state index contributed by atoms with van der Waals surface area (Å²) in [5, 5.41) is 0.259. The van der Waals surface area contributed by atoms with Gasteiger partial charge >= 0.3 is 0 Å². The van der Waals surface area contributed by atoms with E-state index < -0.39 is 0 Å². The summed E-state index contributed by atoms with van der Waals surface area (Å²) in [6, 6.07) is 1.60. The molecule has 1 aliphatic rings. The van der Waals surface area contributed by atoms with Crippen LogP contribution >= 0.6 is 11.6 Å². The summed E-state index contributed by atoms with van der Waals surface area (Å²) in [4.78, 5) is 14.5. The highest BCUT2D eigenvalue weighted by Crippen LogP contribution is 2.32. The molecule has 14 heavy (non-hydrogen) atoms. The van der Waals surface area contributed by atoms with Gasteiger partial charge in [0.15, 0.2) is 17.2 Å². The highest BCUT2D eigenvalue weighted by molar-refractivity contribution is 6.31. The minimum absolute atomic E-state index is 0.259. The number of nitrogens with zero attached hydrogens (tertiary/aromatic N) is 1. The third-order valence-electron chi connectivity index (χ3n) is 2.18. The van der Waals surface area contributed by atoms with E-state index in [1.807, 2.05) is 0 Å². The molecule has 0 saturated heterocycles. The van der Waals surface area contributed by atoms with E-state index in [1.165, 1.54) is 19.0 Å². The van der Waals surface area contributed by atoms with Crippen molar-refractivity contribution in [2.24, 2.45) is 5.92 Å². The van der Waals surface area contributed by atoms with Crippen molar-refractivity contribution in [2.45, 2.75) is 12.8 Å². The predicted molar refractivity (Wildman–Crippen MR) is 52.9 cm³/mol. The van der Waals surface area contributed by atoms with Gasteiger partial charge in [0.25, 0.3) is 0 Å². The molecular formula is C10H10ClNO2. The molecule has 3 nitrogen and oxygen atoms in total. The first kappa shape index (κ1) is 9.46. The number of hydrogen-bond acceptors (Lipinski definition) is 3. The predicted octanol–water partition coefficient (Wildman–Crippen LogP) is 2.34. The molecule has 1 aliphatic carbocycles. The summed E-state index contributed by atoms with van der Waals surface area (Å²) in [5.74, 6) is 1.04. The van der Waals surface area contributed by atoms with Gasteiger partial charge in [-0.2, -0.15) is 0 Å². The van der Waals surface area contributed by atoms with Crippen LogP contribution in [0.2, 0.25) is 5.15 Å². The van der Waals surface area contributed by atoms with Gasteiger partial charge in [0, 0.05) is 6.20 Å². The van der Waals surface area contributed by atoms with Crippen molar-refractivity contribution in [1.29, 1.82) is 0 Å². The second-order valence-corrected chi connectivity index (χ2v) is 3.75. The third-order valence-corrected chi connectivity index (χ3v) is 2.45. The molecule has 0 aromatic carbocycles. The number of carbonyl (C=O) groups excluding carboxylic acids is 1. The molecule has 2 rings (SSSR count). The maximum Gasteiger partial charge on any atom is 0.171 e. The number of carbonyl (C=O) groups is 1. The Morgan fingerprint density at radius 2 is 2.43 bits per heavy atom. The van der Waals surface area contributed by atoms with Gasteiger partial charge in [-0.1, -0.05) is 11.6 Å². The molecule has 4 heteroatoms. The minimum Gasteiger partial charge on any atom is -0.489 e. The van der Waals surface area contributed by atoms with E-state index in [9.17, 15) is 4.79 Å². The lowest BCUT2D eigenvalue weighted by Gasteiger charge is -2.08. The SMILES string of the molecule is O=Cc1ccnc(Cl)c1OCC1CC1. The highest BCUT2D eigenvalue weighted by atomic mass is 35.5. The topological polar surface area (TPSA) is 39.2 Å². The lowest BCUT2D eigenvalue weighted by Crippen LogP contribution is -2.02. The Morgan fingerprint density at radius 3 is 3.07 bits per heavy atom. The van der Waals surface area contributed by atoms with Gasteiger partial charge in [-0.15, -0.1) is 0 Å². The summed E-state index contributed by atoms with van der Waals surface area (Å²) in [7, 11) is 0. The largest absolute Gasteiger partial charge is 0.489 e. The molecule has 0 amide bonds. The third kappa shape index (κ3) is 2.04. The number of pyridine rings is 1. The summed E-state index contributed by atoms with van der Waals surface area (Å²) in [6.07, 6.45) is 4.63. The zero-order valence-corrected chi connectivity index (χ0v) is 8.33. The number of rotatable bonds is 4. The molecular weight excluding hydrogens is 202 g/mol. The Labute approximate surface area is 87.0 Å². The van der Waals surface area contributed by atoms with Crippen LogP contribution in [0, 0.1) is 5.92 Å². The standard InChI is InChI=1S/C10H10ClNO2/c11-10-9(14-6-7-1-2-7)8(5-13)3-4-12-10/h3-5,7H,1-2,6H2. The summed E-state index contributed by atoms with van der Waals surface area (Å²) >= 11 is 5.82. The van der Waals surface area contributed by atoms with Crippen molar-refractivity contribution >= 4 is 17.9 Å². The number of ether oxygens (including phenoxy) is 1. The summed E-state index contributed by atoms with van der Waals surface area (Å²) in [5.41, 5.74) is 0.464. The maximum absolute atomic E-state index is 10.7. The molecule has 0 N–H and O–H groups in total.